The van der Waals surface area contributed by atoms with Gasteiger partial charge in [0, 0.05) is 0 Å². The van der Waals surface area contributed by atoms with Crippen molar-refractivity contribution < 1.29 is 0 Å². The van der Waals surface area contributed by atoms with E-state index in [1.165, 1.54) is 12.8 Å². The van der Waals surface area contributed by atoms with Crippen molar-refractivity contribution in [3.63, 3.8) is 0 Å². The third-order valence-electron chi connectivity index (χ3n) is 5.53. The molecule has 5 aliphatic rings. The van der Waals surface area contributed by atoms with Crippen molar-refractivity contribution in [1.29, 1.82) is 0 Å². The van der Waals surface area contributed by atoms with E-state index in [-0.39, 0.29) is 0 Å². The van der Waals surface area contributed by atoms with Crippen LogP contribution >= 0.6 is 0 Å². The van der Waals surface area contributed by atoms with Gasteiger partial charge in [-0.15, -0.1) is 0 Å². The first kappa shape index (κ1) is 8.84. The molecule has 5 rings (SSSR count). The van der Waals surface area contributed by atoms with E-state index < -0.39 is 0 Å². The van der Waals surface area contributed by atoms with Crippen LogP contribution in [0.1, 0.15) is 44.9 Å². The molecule has 0 aromatic heterocycles. The number of hydrogen-bond donors (Lipinski definition) is 0. The molecule has 0 aromatic rings. The fourth-order valence-corrected chi connectivity index (χ4v) is 4.86. The van der Waals surface area contributed by atoms with Crippen LogP contribution in [-0.4, -0.2) is 0 Å². The summed E-state index contributed by atoms with van der Waals surface area (Å²) in [5.74, 6) is 6.45. The summed E-state index contributed by atoms with van der Waals surface area (Å²) in [5, 5.41) is 0. The van der Waals surface area contributed by atoms with Gasteiger partial charge in [-0.2, -0.15) is 0 Å². The Kier molecular flexibility index (Phi) is 1.84. The lowest BCUT2D eigenvalue weighted by Crippen LogP contribution is -2.44. The van der Waals surface area contributed by atoms with Crippen molar-refractivity contribution in [2.45, 2.75) is 44.9 Å². The molecule has 0 heteroatoms. The third-order valence-corrected chi connectivity index (χ3v) is 5.53. The molecule has 0 radical (unpaired) electrons. The zero-order chi connectivity index (χ0) is 9.83. The van der Waals surface area contributed by atoms with E-state index in [1.807, 2.05) is 0 Å². The minimum atomic E-state index is 0.988. The van der Waals surface area contributed by atoms with Crippen LogP contribution in [0, 0.1) is 35.5 Å². The number of hydrogen-bond acceptors (Lipinski definition) is 0. The van der Waals surface area contributed by atoms with Crippen molar-refractivity contribution in [1.82, 2.24) is 0 Å². The Morgan fingerprint density at radius 1 is 0.667 bits per heavy atom. The predicted octanol–water partition coefficient (Wildman–Crippen LogP) is 4.02. The summed E-state index contributed by atoms with van der Waals surface area (Å²) < 4.78 is 0. The third kappa shape index (κ3) is 1.48. The minimum absolute atomic E-state index is 0.988. The SMILES string of the molecule is C(=CC1C2CC3CC(C2)CC1C3)C1CC1. The minimum Gasteiger partial charge on any atom is -0.0851 e. The maximum atomic E-state index is 2.64. The summed E-state index contributed by atoms with van der Waals surface area (Å²) in [5.41, 5.74) is 0. The summed E-state index contributed by atoms with van der Waals surface area (Å²) in [6, 6.07) is 0. The lowest BCUT2D eigenvalue weighted by Gasteiger charge is -2.53. The van der Waals surface area contributed by atoms with Gasteiger partial charge < -0.3 is 0 Å². The van der Waals surface area contributed by atoms with Crippen LogP contribution in [0.2, 0.25) is 0 Å². The van der Waals surface area contributed by atoms with Crippen LogP contribution < -0.4 is 0 Å². The first-order valence-corrected chi connectivity index (χ1v) is 7.07. The predicted molar refractivity (Wildman–Crippen MR) is 62.4 cm³/mol. The van der Waals surface area contributed by atoms with E-state index in [0.717, 1.165) is 35.5 Å². The fraction of sp³-hybridized carbons (Fsp3) is 0.867. The maximum Gasteiger partial charge on any atom is -0.0176 e. The Morgan fingerprint density at radius 2 is 1.27 bits per heavy atom. The van der Waals surface area contributed by atoms with E-state index >= 15 is 0 Å². The number of allylic oxidation sites excluding steroid dienone is 2. The lowest BCUT2D eigenvalue weighted by molar-refractivity contribution is -0.0162. The molecule has 0 heterocycles. The monoisotopic (exact) mass is 202 g/mol. The van der Waals surface area contributed by atoms with Crippen LogP contribution in [0.15, 0.2) is 12.2 Å². The van der Waals surface area contributed by atoms with E-state index in [2.05, 4.69) is 12.2 Å². The number of rotatable bonds is 2. The summed E-state index contributed by atoms with van der Waals surface area (Å²) in [4.78, 5) is 0. The Morgan fingerprint density at radius 3 is 1.80 bits per heavy atom. The Balaban J connectivity index is 1.54. The molecule has 0 spiro atoms. The van der Waals surface area contributed by atoms with Gasteiger partial charge in [0.05, 0.1) is 0 Å². The zero-order valence-electron chi connectivity index (χ0n) is 9.57. The van der Waals surface area contributed by atoms with E-state index in [4.69, 9.17) is 0 Å². The molecule has 5 saturated carbocycles. The second-order valence-electron chi connectivity index (χ2n) is 6.73. The largest absolute Gasteiger partial charge is 0.0851 e. The van der Waals surface area contributed by atoms with E-state index in [9.17, 15) is 0 Å². The van der Waals surface area contributed by atoms with Gasteiger partial charge in [-0.1, -0.05) is 12.2 Å². The molecule has 0 aliphatic heterocycles. The van der Waals surface area contributed by atoms with Crippen molar-refractivity contribution in [2.24, 2.45) is 35.5 Å². The highest BCUT2D eigenvalue weighted by Crippen LogP contribution is 2.57. The van der Waals surface area contributed by atoms with Gasteiger partial charge in [0.25, 0.3) is 0 Å². The van der Waals surface area contributed by atoms with Crippen molar-refractivity contribution in [3.05, 3.63) is 12.2 Å². The van der Waals surface area contributed by atoms with Gasteiger partial charge in [0.15, 0.2) is 0 Å². The highest BCUT2D eigenvalue weighted by Gasteiger charge is 2.47. The normalized spacial score (nSPS) is 52.9. The van der Waals surface area contributed by atoms with Gasteiger partial charge in [-0.25, -0.2) is 0 Å². The first-order chi connectivity index (χ1) is 7.38. The lowest BCUT2D eigenvalue weighted by atomic mass is 9.52. The molecular weight excluding hydrogens is 180 g/mol. The van der Waals surface area contributed by atoms with Crippen LogP contribution in [-0.2, 0) is 0 Å². The van der Waals surface area contributed by atoms with Gasteiger partial charge in [-0.3, -0.25) is 0 Å². The van der Waals surface area contributed by atoms with Crippen LogP contribution in [0.5, 0.6) is 0 Å². The van der Waals surface area contributed by atoms with Crippen molar-refractivity contribution >= 4 is 0 Å². The molecule has 0 saturated heterocycles. The van der Waals surface area contributed by atoms with Crippen molar-refractivity contribution in [3.8, 4) is 0 Å². The molecule has 0 amide bonds. The molecule has 15 heavy (non-hydrogen) atoms. The Bertz CT molecular complexity index is 256. The highest BCUT2D eigenvalue weighted by atomic mass is 14.5. The fourth-order valence-electron chi connectivity index (χ4n) is 4.86. The van der Waals surface area contributed by atoms with Gasteiger partial charge in [-0.05, 0) is 80.5 Å². The molecule has 0 unspecified atom stereocenters. The summed E-state index contributed by atoms with van der Waals surface area (Å²) >= 11 is 0. The maximum absolute atomic E-state index is 2.64. The molecule has 0 nitrogen and oxygen atoms in total. The molecule has 5 aliphatic carbocycles. The average molecular weight is 202 g/mol. The van der Waals surface area contributed by atoms with E-state index in [0.29, 0.717) is 0 Å². The average Bonchev–Trinajstić information content (AvgIpc) is 2.99. The molecule has 5 fully saturated rings. The quantitative estimate of drug-likeness (QED) is 0.593. The van der Waals surface area contributed by atoms with Crippen LogP contribution in [0.3, 0.4) is 0 Å². The van der Waals surface area contributed by atoms with Gasteiger partial charge in [0.1, 0.15) is 0 Å². The second-order valence-corrected chi connectivity index (χ2v) is 6.73. The molecule has 82 valence electrons. The van der Waals surface area contributed by atoms with Gasteiger partial charge >= 0.3 is 0 Å². The molecule has 0 atom stereocenters. The zero-order valence-corrected chi connectivity index (χ0v) is 9.57. The Labute approximate surface area is 93.1 Å². The summed E-state index contributed by atoms with van der Waals surface area (Å²) in [7, 11) is 0. The summed E-state index contributed by atoms with van der Waals surface area (Å²) in [6.45, 7) is 0. The topological polar surface area (TPSA) is 0 Å². The molecule has 4 bridgehead atoms. The van der Waals surface area contributed by atoms with Crippen molar-refractivity contribution in [2.75, 3.05) is 0 Å². The first-order valence-electron chi connectivity index (χ1n) is 7.07. The van der Waals surface area contributed by atoms with Crippen LogP contribution in [0.25, 0.3) is 0 Å². The van der Waals surface area contributed by atoms with E-state index in [1.54, 1.807) is 32.1 Å². The van der Waals surface area contributed by atoms with Gasteiger partial charge in [0.2, 0.25) is 0 Å². The molecular formula is C15H22. The summed E-state index contributed by atoms with van der Waals surface area (Å²) in [6.07, 6.45) is 16.1. The molecule has 0 N–H and O–H groups in total. The standard InChI is InChI=1S/C15H22/c1-2-10(1)3-4-15-13-6-11-5-12(8-13)9-14(15)7-11/h3-4,10-15H,1-2,5-9H2. The molecule has 0 aromatic carbocycles. The Hall–Kier alpha value is -0.260. The van der Waals surface area contributed by atoms with Crippen LogP contribution in [0.4, 0.5) is 0 Å². The highest BCUT2D eigenvalue weighted by molar-refractivity contribution is 5.07. The second kappa shape index (κ2) is 3.12. The smallest absolute Gasteiger partial charge is 0.0176 e.